The van der Waals surface area contributed by atoms with E-state index in [9.17, 15) is 9.59 Å². The number of methoxy groups -OCH3 is 1. The van der Waals surface area contributed by atoms with Crippen LogP contribution in [0, 0.1) is 0 Å². The second-order valence-corrected chi connectivity index (χ2v) is 1.29. The first-order valence-electron chi connectivity index (χ1n) is 2.51. The molecule has 5 heteroatoms. The van der Waals surface area contributed by atoms with Crippen molar-refractivity contribution in [3.05, 3.63) is 0 Å². The molecule has 0 aromatic heterocycles. The number of hydrogen-bond acceptors (Lipinski definition) is 4. The quantitative estimate of drug-likeness (QED) is 0.477. The summed E-state index contributed by atoms with van der Waals surface area (Å²) in [7, 11) is 1.35. The highest BCUT2D eigenvalue weighted by Gasteiger charge is 1.81. The Kier molecular flexibility index (Phi) is 9.22. The third-order valence-electron chi connectivity index (χ3n) is 0.462. The van der Waals surface area contributed by atoms with E-state index in [0.717, 1.165) is 0 Å². The third-order valence-corrected chi connectivity index (χ3v) is 0.462. The molecule has 0 saturated carbocycles. The smallest absolute Gasteiger partial charge is 0.317 e. The van der Waals surface area contributed by atoms with Gasteiger partial charge in [0, 0.05) is 6.92 Å². The largest absolute Gasteiger partial charge is 0.480 e. The van der Waals surface area contributed by atoms with Crippen LogP contribution in [-0.2, 0) is 14.3 Å². The van der Waals surface area contributed by atoms with Gasteiger partial charge in [0.1, 0.15) is 0 Å². The van der Waals surface area contributed by atoms with Crippen LogP contribution in [0.5, 0.6) is 0 Å². The molecule has 0 rings (SSSR count). The molecule has 0 aliphatic carbocycles. The van der Waals surface area contributed by atoms with Crippen molar-refractivity contribution in [1.29, 1.82) is 0 Å². The van der Waals surface area contributed by atoms with E-state index in [1.54, 1.807) is 0 Å². The van der Waals surface area contributed by atoms with Crippen LogP contribution >= 0.6 is 0 Å². The van der Waals surface area contributed by atoms with E-state index in [2.05, 4.69) is 10.5 Å². The number of carbonyl (C=O) groups excluding carboxylic acids is 1. The summed E-state index contributed by atoms with van der Waals surface area (Å²) in [5.41, 5.74) is 4.57. The maximum atomic E-state index is 9.59. The summed E-state index contributed by atoms with van der Waals surface area (Å²) >= 11 is 0. The molecular weight excluding hydrogens is 138 g/mol. The molecule has 0 saturated heterocycles. The minimum atomic E-state index is -0.968. The van der Waals surface area contributed by atoms with E-state index < -0.39 is 5.97 Å². The van der Waals surface area contributed by atoms with Gasteiger partial charge in [0.25, 0.3) is 0 Å². The van der Waals surface area contributed by atoms with Crippen molar-refractivity contribution < 1.29 is 19.4 Å². The molecule has 60 valence electrons. The highest BCUT2D eigenvalue weighted by molar-refractivity contribution is 5.68. The van der Waals surface area contributed by atoms with E-state index in [1.807, 2.05) is 0 Å². The zero-order valence-corrected chi connectivity index (χ0v) is 5.96. The van der Waals surface area contributed by atoms with Crippen molar-refractivity contribution in [2.24, 2.45) is 5.73 Å². The molecule has 3 N–H and O–H groups in total. The number of esters is 1. The monoisotopic (exact) mass is 149 g/mol. The maximum Gasteiger partial charge on any atom is 0.317 e. The molecule has 0 radical (unpaired) electrons. The molecule has 0 heterocycles. The highest BCUT2D eigenvalue weighted by Crippen LogP contribution is 1.60. The molecule has 0 atom stereocenters. The Balaban J connectivity index is 0. The van der Waals surface area contributed by atoms with E-state index in [4.69, 9.17) is 5.11 Å². The van der Waals surface area contributed by atoms with Gasteiger partial charge in [0.2, 0.25) is 0 Å². The number of carboxylic acids is 1. The first-order chi connectivity index (χ1) is 4.54. The summed E-state index contributed by atoms with van der Waals surface area (Å²) in [6, 6.07) is 0. The Morgan fingerprint density at radius 1 is 1.60 bits per heavy atom. The van der Waals surface area contributed by atoms with Crippen LogP contribution in [0.15, 0.2) is 0 Å². The predicted octanol–water partition coefficient (Wildman–Crippen LogP) is -0.791. The molecule has 0 aliphatic heterocycles. The van der Waals surface area contributed by atoms with Gasteiger partial charge in [-0.3, -0.25) is 9.59 Å². The minimum absolute atomic E-state index is 0.245. The fourth-order valence-corrected chi connectivity index (χ4v) is 0. The Hall–Kier alpha value is -1.10. The Bertz CT molecular complexity index is 98.2. The van der Waals surface area contributed by atoms with Gasteiger partial charge in [0.05, 0.1) is 13.7 Å². The number of carbonyl (C=O) groups is 2. The van der Waals surface area contributed by atoms with Gasteiger partial charge >= 0.3 is 11.9 Å². The van der Waals surface area contributed by atoms with Crippen molar-refractivity contribution in [3.8, 4) is 0 Å². The number of carboxylic acid groups (broad SMARTS) is 1. The lowest BCUT2D eigenvalue weighted by molar-refractivity contribution is -0.138. The Morgan fingerprint density at radius 3 is 1.80 bits per heavy atom. The Morgan fingerprint density at radius 2 is 1.80 bits per heavy atom. The van der Waals surface area contributed by atoms with Crippen LogP contribution in [0.3, 0.4) is 0 Å². The Labute approximate surface area is 58.8 Å². The molecule has 5 nitrogen and oxygen atoms in total. The summed E-state index contributed by atoms with van der Waals surface area (Å²) in [6.45, 7) is 1.08. The van der Waals surface area contributed by atoms with Gasteiger partial charge < -0.3 is 15.6 Å². The summed E-state index contributed by atoms with van der Waals surface area (Å²) in [4.78, 5) is 18.8. The lowest BCUT2D eigenvalue weighted by Crippen LogP contribution is -2.10. The first kappa shape index (κ1) is 11.7. The van der Waals surface area contributed by atoms with Crippen LogP contribution < -0.4 is 5.73 Å². The van der Waals surface area contributed by atoms with Crippen molar-refractivity contribution in [2.75, 3.05) is 13.7 Å². The second-order valence-electron chi connectivity index (χ2n) is 1.29. The standard InChI is InChI=1S/C3H6O2.C2H5NO2/c1-3(4)5-2;3-1-2(4)5/h1-2H3;1,3H2,(H,4,5). The van der Waals surface area contributed by atoms with E-state index in [0.29, 0.717) is 0 Å². The molecule has 0 unspecified atom stereocenters. The summed E-state index contributed by atoms with van der Waals surface area (Å²) in [6.07, 6.45) is 0. The predicted molar refractivity (Wildman–Crippen MR) is 34.4 cm³/mol. The van der Waals surface area contributed by atoms with Crippen molar-refractivity contribution in [3.63, 3.8) is 0 Å². The van der Waals surface area contributed by atoms with E-state index in [-0.39, 0.29) is 12.5 Å². The number of nitrogens with two attached hydrogens (primary N) is 1. The molecule has 0 aromatic rings. The fourth-order valence-electron chi connectivity index (χ4n) is 0. The van der Waals surface area contributed by atoms with E-state index in [1.165, 1.54) is 14.0 Å². The molecule has 0 fully saturated rings. The third kappa shape index (κ3) is 28.6. The van der Waals surface area contributed by atoms with Gasteiger partial charge in [-0.25, -0.2) is 0 Å². The number of hydrogen-bond donors (Lipinski definition) is 2. The maximum absolute atomic E-state index is 9.59. The topological polar surface area (TPSA) is 89.6 Å². The average molecular weight is 149 g/mol. The number of ether oxygens (including phenoxy) is 1. The van der Waals surface area contributed by atoms with Crippen LogP contribution in [-0.4, -0.2) is 30.7 Å². The molecule has 0 aromatic carbocycles. The van der Waals surface area contributed by atoms with Crippen LogP contribution in [0.25, 0.3) is 0 Å². The molecule has 10 heavy (non-hydrogen) atoms. The highest BCUT2D eigenvalue weighted by atomic mass is 16.5. The second kappa shape index (κ2) is 7.90. The van der Waals surface area contributed by atoms with Gasteiger partial charge in [-0.1, -0.05) is 0 Å². The van der Waals surface area contributed by atoms with Gasteiger partial charge in [0.15, 0.2) is 0 Å². The van der Waals surface area contributed by atoms with E-state index >= 15 is 0 Å². The molecule has 0 amide bonds. The molecule has 0 spiro atoms. The minimum Gasteiger partial charge on any atom is -0.480 e. The lowest BCUT2D eigenvalue weighted by atomic mass is 10.7. The summed E-state index contributed by atoms with van der Waals surface area (Å²) in [5, 5.41) is 7.60. The van der Waals surface area contributed by atoms with Gasteiger partial charge in [-0.2, -0.15) is 0 Å². The number of aliphatic carboxylic acids is 1. The zero-order valence-electron chi connectivity index (χ0n) is 5.96. The van der Waals surface area contributed by atoms with Crippen molar-refractivity contribution in [2.45, 2.75) is 6.92 Å². The molecule has 0 bridgehead atoms. The molecule has 0 aliphatic rings. The van der Waals surface area contributed by atoms with Crippen LogP contribution in [0.2, 0.25) is 0 Å². The van der Waals surface area contributed by atoms with Crippen LogP contribution in [0.1, 0.15) is 6.92 Å². The summed E-state index contributed by atoms with van der Waals surface area (Å²) in [5.74, 6) is -1.21. The fraction of sp³-hybridized carbons (Fsp3) is 0.600. The van der Waals surface area contributed by atoms with Gasteiger partial charge in [-0.05, 0) is 0 Å². The average Bonchev–Trinajstić information content (AvgIpc) is 1.89. The SMILES string of the molecule is COC(C)=O.NCC(=O)O. The van der Waals surface area contributed by atoms with Crippen molar-refractivity contribution >= 4 is 11.9 Å². The zero-order chi connectivity index (χ0) is 8.57. The normalized spacial score (nSPS) is 7.10. The summed E-state index contributed by atoms with van der Waals surface area (Å²) < 4.78 is 4.11. The lowest BCUT2D eigenvalue weighted by Gasteiger charge is -1.80. The van der Waals surface area contributed by atoms with Crippen molar-refractivity contribution in [1.82, 2.24) is 0 Å². The first-order valence-corrected chi connectivity index (χ1v) is 2.51. The van der Waals surface area contributed by atoms with Gasteiger partial charge in [-0.15, -0.1) is 0 Å². The van der Waals surface area contributed by atoms with Crippen LogP contribution in [0.4, 0.5) is 0 Å². The number of rotatable bonds is 1. The molecular formula is C5H11NO4.